The van der Waals surface area contributed by atoms with Gasteiger partial charge in [0.05, 0.1) is 0 Å². The first-order chi connectivity index (χ1) is 12.3. The molecule has 0 N–H and O–H groups in total. The maximum absolute atomic E-state index is 12.2. The molecule has 26 heavy (non-hydrogen) atoms. The van der Waals surface area contributed by atoms with Gasteiger partial charge in [0, 0.05) is 10.5 Å². The summed E-state index contributed by atoms with van der Waals surface area (Å²) in [6, 6.07) is 16.0. The smallest absolute Gasteiger partial charge is 0.217 e. The molecule has 0 spiro atoms. The number of tetrazole rings is 1. The molecule has 0 aliphatic heterocycles. The standard InChI is InChI=1S/C20H22N4OS/c1-14-5-11-17(12-6-14)26-18(25)13-24-22-19(21-23-24)15-7-9-16(10-8-15)20(2,3)4/h5-12H,13H2,1-4H3. The van der Waals surface area contributed by atoms with E-state index in [2.05, 4.69) is 48.3 Å². The SMILES string of the molecule is Cc1ccc(SC(=O)Cn2nnc(-c3ccc(C(C)(C)C)cc3)n2)cc1. The third-order valence-electron chi connectivity index (χ3n) is 3.99. The molecule has 1 aromatic heterocycles. The van der Waals surface area contributed by atoms with Crippen molar-refractivity contribution in [3.63, 3.8) is 0 Å². The van der Waals surface area contributed by atoms with Crippen molar-refractivity contribution in [1.82, 2.24) is 20.2 Å². The number of aromatic nitrogens is 4. The molecular weight excluding hydrogens is 344 g/mol. The zero-order valence-electron chi connectivity index (χ0n) is 15.4. The third kappa shape index (κ3) is 4.58. The van der Waals surface area contributed by atoms with E-state index in [9.17, 15) is 4.79 Å². The average molecular weight is 366 g/mol. The fourth-order valence-electron chi connectivity index (χ4n) is 2.43. The highest BCUT2D eigenvalue weighted by Gasteiger charge is 2.15. The summed E-state index contributed by atoms with van der Waals surface area (Å²) in [5.74, 6) is 0.526. The number of thioether (sulfide) groups is 1. The average Bonchev–Trinajstić information content (AvgIpc) is 3.04. The van der Waals surface area contributed by atoms with Crippen LogP contribution in [0.3, 0.4) is 0 Å². The Morgan fingerprint density at radius 2 is 1.69 bits per heavy atom. The molecule has 0 saturated heterocycles. The van der Waals surface area contributed by atoms with Gasteiger partial charge in [-0.3, -0.25) is 4.79 Å². The maximum atomic E-state index is 12.2. The second-order valence-corrected chi connectivity index (χ2v) is 8.39. The Morgan fingerprint density at radius 3 is 2.31 bits per heavy atom. The molecule has 0 aliphatic rings. The van der Waals surface area contributed by atoms with Crippen molar-refractivity contribution in [1.29, 1.82) is 0 Å². The van der Waals surface area contributed by atoms with Crippen LogP contribution >= 0.6 is 11.8 Å². The summed E-state index contributed by atoms with van der Waals surface area (Å²) in [6.45, 7) is 8.63. The number of nitrogens with zero attached hydrogens (tertiary/aromatic N) is 4. The summed E-state index contributed by atoms with van der Waals surface area (Å²) in [5.41, 5.74) is 3.41. The van der Waals surface area contributed by atoms with E-state index in [0.29, 0.717) is 5.82 Å². The zero-order valence-corrected chi connectivity index (χ0v) is 16.2. The van der Waals surface area contributed by atoms with Gasteiger partial charge in [0.2, 0.25) is 10.9 Å². The van der Waals surface area contributed by atoms with Crippen molar-refractivity contribution in [2.24, 2.45) is 0 Å². The molecule has 2 aromatic carbocycles. The van der Waals surface area contributed by atoms with Gasteiger partial charge in [0.15, 0.2) is 0 Å². The van der Waals surface area contributed by atoms with Gasteiger partial charge >= 0.3 is 0 Å². The predicted molar refractivity (Wildman–Crippen MR) is 104 cm³/mol. The van der Waals surface area contributed by atoms with E-state index in [-0.39, 0.29) is 17.1 Å². The first-order valence-electron chi connectivity index (χ1n) is 8.47. The molecule has 6 heteroatoms. The molecule has 134 valence electrons. The lowest BCUT2D eigenvalue weighted by Crippen LogP contribution is -2.10. The molecule has 0 unspecified atom stereocenters. The van der Waals surface area contributed by atoms with E-state index in [0.717, 1.165) is 10.5 Å². The highest BCUT2D eigenvalue weighted by molar-refractivity contribution is 8.13. The predicted octanol–water partition coefficient (Wildman–Crippen LogP) is 4.26. The molecule has 0 amide bonds. The summed E-state index contributed by atoms with van der Waals surface area (Å²) in [7, 11) is 0. The Morgan fingerprint density at radius 1 is 1.04 bits per heavy atom. The topological polar surface area (TPSA) is 60.7 Å². The van der Waals surface area contributed by atoms with E-state index < -0.39 is 0 Å². The lowest BCUT2D eigenvalue weighted by molar-refractivity contribution is -0.111. The normalized spacial score (nSPS) is 11.5. The lowest BCUT2D eigenvalue weighted by Gasteiger charge is -2.18. The minimum Gasteiger partial charge on any atom is -0.285 e. The van der Waals surface area contributed by atoms with Crippen LogP contribution in [0.4, 0.5) is 0 Å². The maximum Gasteiger partial charge on any atom is 0.217 e. The van der Waals surface area contributed by atoms with Crippen LogP contribution in [0, 0.1) is 6.92 Å². The summed E-state index contributed by atoms with van der Waals surface area (Å²) in [4.78, 5) is 14.5. The number of rotatable bonds is 4. The molecule has 3 aromatic rings. The monoisotopic (exact) mass is 366 g/mol. The second-order valence-electron chi connectivity index (χ2n) is 7.26. The van der Waals surface area contributed by atoms with Crippen LogP contribution in [0.1, 0.15) is 31.9 Å². The van der Waals surface area contributed by atoms with Crippen molar-refractivity contribution in [2.75, 3.05) is 0 Å². The second kappa shape index (κ2) is 7.41. The molecule has 5 nitrogen and oxygen atoms in total. The number of carbonyl (C=O) groups excluding carboxylic acids is 1. The number of hydrogen-bond donors (Lipinski definition) is 0. The third-order valence-corrected chi connectivity index (χ3v) is 4.85. The van der Waals surface area contributed by atoms with Crippen molar-refractivity contribution >= 4 is 16.9 Å². The Hall–Kier alpha value is -2.47. The fourth-order valence-corrected chi connectivity index (χ4v) is 3.15. The van der Waals surface area contributed by atoms with E-state index in [4.69, 9.17) is 0 Å². The number of carbonyl (C=O) groups is 1. The summed E-state index contributed by atoms with van der Waals surface area (Å²) < 4.78 is 0. The highest BCUT2D eigenvalue weighted by atomic mass is 32.2. The molecular formula is C20H22N4OS. The van der Waals surface area contributed by atoms with Gasteiger partial charge in [0.25, 0.3) is 0 Å². The van der Waals surface area contributed by atoms with E-state index >= 15 is 0 Å². The first-order valence-corrected chi connectivity index (χ1v) is 9.29. The van der Waals surface area contributed by atoms with Gasteiger partial charge in [-0.2, -0.15) is 4.80 Å². The molecule has 0 atom stereocenters. The molecule has 0 radical (unpaired) electrons. The van der Waals surface area contributed by atoms with E-state index in [1.165, 1.54) is 27.7 Å². The Bertz CT molecular complexity index is 893. The van der Waals surface area contributed by atoms with Crippen LogP contribution in [0.2, 0.25) is 0 Å². The van der Waals surface area contributed by atoms with E-state index in [1.807, 2.05) is 43.3 Å². The minimum atomic E-state index is -0.0270. The summed E-state index contributed by atoms with van der Waals surface area (Å²) >= 11 is 1.19. The van der Waals surface area contributed by atoms with Crippen molar-refractivity contribution in [3.8, 4) is 11.4 Å². The highest BCUT2D eigenvalue weighted by Crippen LogP contribution is 2.24. The molecule has 0 fully saturated rings. The van der Waals surface area contributed by atoms with Gasteiger partial charge in [0.1, 0.15) is 6.54 Å². The van der Waals surface area contributed by atoms with Crippen LogP contribution in [0.15, 0.2) is 53.4 Å². The molecule has 3 rings (SSSR count). The van der Waals surface area contributed by atoms with Gasteiger partial charge in [-0.1, -0.05) is 62.7 Å². The number of aryl methyl sites for hydroxylation is 1. The van der Waals surface area contributed by atoms with Gasteiger partial charge in [-0.15, -0.1) is 10.2 Å². The van der Waals surface area contributed by atoms with Crippen molar-refractivity contribution < 1.29 is 4.79 Å². The van der Waals surface area contributed by atoms with Gasteiger partial charge in [-0.05, 0) is 47.0 Å². The lowest BCUT2D eigenvalue weighted by atomic mass is 9.87. The fraction of sp³-hybridized carbons (Fsp3) is 0.300. The largest absolute Gasteiger partial charge is 0.285 e. The summed E-state index contributed by atoms with van der Waals surface area (Å²) in [5, 5.41) is 12.4. The number of hydrogen-bond acceptors (Lipinski definition) is 5. The van der Waals surface area contributed by atoms with Crippen molar-refractivity contribution in [3.05, 3.63) is 59.7 Å². The van der Waals surface area contributed by atoms with Crippen LogP contribution in [0.5, 0.6) is 0 Å². The Kier molecular flexibility index (Phi) is 5.23. The van der Waals surface area contributed by atoms with Gasteiger partial charge < -0.3 is 0 Å². The first kappa shape index (κ1) is 18.3. The molecule has 0 bridgehead atoms. The van der Waals surface area contributed by atoms with Crippen molar-refractivity contribution in [2.45, 2.75) is 44.6 Å². The van der Waals surface area contributed by atoms with Crippen LogP contribution in [0.25, 0.3) is 11.4 Å². The van der Waals surface area contributed by atoms with E-state index in [1.54, 1.807) is 0 Å². The Balaban J connectivity index is 1.66. The molecule has 0 saturated carbocycles. The molecule has 1 heterocycles. The van der Waals surface area contributed by atoms with Crippen LogP contribution in [-0.2, 0) is 16.8 Å². The quantitative estimate of drug-likeness (QED) is 0.646. The van der Waals surface area contributed by atoms with Gasteiger partial charge in [-0.25, -0.2) is 0 Å². The number of benzene rings is 2. The Labute approximate surface area is 157 Å². The minimum absolute atomic E-state index is 0.0270. The molecule has 0 aliphatic carbocycles. The van der Waals surface area contributed by atoms with Crippen LogP contribution in [-0.4, -0.2) is 25.3 Å². The van der Waals surface area contributed by atoms with Crippen LogP contribution < -0.4 is 0 Å². The zero-order chi connectivity index (χ0) is 18.7. The summed E-state index contributed by atoms with van der Waals surface area (Å²) in [6.07, 6.45) is 0.